The van der Waals surface area contributed by atoms with Gasteiger partial charge in [-0.1, -0.05) is 30.9 Å². The van der Waals surface area contributed by atoms with Crippen LogP contribution in [0.3, 0.4) is 0 Å². The molecule has 2 rings (SSSR count). The van der Waals surface area contributed by atoms with Crippen molar-refractivity contribution in [3.05, 3.63) is 61.2 Å². The fourth-order valence-electron chi connectivity index (χ4n) is 1.56. The van der Waals surface area contributed by atoms with Crippen molar-refractivity contribution in [2.75, 3.05) is 0 Å². The third kappa shape index (κ3) is 5.33. The number of rotatable bonds is 4. The minimum absolute atomic E-state index is 0.104. The van der Waals surface area contributed by atoms with Gasteiger partial charge in [-0.3, -0.25) is 4.79 Å². The number of carbonyl (C=O) groups excluding carboxylic acids is 1. The summed E-state index contributed by atoms with van der Waals surface area (Å²) in [6, 6.07) is 5.25. The molecule has 0 radical (unpaired) electrons. The Hall–Kier alpha value is -2.25. The van der Waals surface area contributed by atoms with Crippen LogP contribution in [0.5, 0.6) is 0 Å². The van der Waals surface area contributed by atoms with Crippen molar-refractivity contribution in [2.24, 2.45) is 7.05 Å². The summed E-state index contributed by atoms with van der Waals surface area (Å²) in [5, 5.41) is 0. The summed E-state index contributed by atoms with van der Waals surface area (Å²) in [5.74, 6) is 0. The van der Waals surface area contributed by atoms with E-state index in [1.54, 1.807) is 0 Å². The molecule has 0 atom stereocenters. The number of carbonyl (C=O) groups is 1. The Morgan fingerprint density at radius 3 is 2.48 bits per heavy atom. The summed E-state index contributed by atoms with van der Waals surface area (Å²) in [5.41, 5.74) is -0.104. The Labute approximate surface area is 123 Å². The first kappa shape index (κ1) is 16.8. The molecule has 0 amide bonds. The highest BCUT2D eigenvalue weighted by atomic mass is 32.2. The van der Waals surface area contributed by atoms with Crippen LogP contribution in [0.1, 0.15) is 10.4 Å². The molecule has 0 aliphatic rings. The fraction of sp³-hybridized carbons (Fsp3) is 0.143. The van der Waals surface area contributed by atoms with E-state index in [0.717, 1.165) is 12.6 Å². The molecule has 21 heavy (non-hydrogen) atoms. The zero-order valence-electron chi connectivity index (χ0n) is 11.5. The Morgan fingerprint density at radius 2 is 2.05 bits per heavy atom. The van der Waals surface area contributed by atoms with Gasteiger partial charge in [0, 0.05) is 5.56 Å². The molecule has 0 N–H and O–H groups in total. The van der Waals surface area contributed by atoms with Crippen molar-refractivity contribution in [1.29, 1.82) is 0 Å². The molecule has 112 valence electrons. The molecule has 0 saturated heterocycles. The van der Waals surface area contributed by atoms with Crippen molar-refractivity contribution >= 4 is 16.4 Å². The highest BCUT2D eigenvalue weighted by Gasteiger charge is 2.05. The van der Waals surface area contributed by atoms with Gasteiger partial charge in [-0.15, -0.1) is 0 Å². The second-order valence-electron chi connectivity index (χ2n) is 4.17. The van der Waals surface area contributed by atoms with Gasteiger partial charge in [0.15, 0.2) is 6.29 Å². The lowest BCUT2D eigenvalue weighted by molar-refractivity contribution is -0.686. The average Bonchev–Trinajstić information content (AvgIpc) is 2.84. The normalized spacial score (nSPS) is 10.4. The van der Waals surface area contributed by atoms with Crippen LogP contribution in [0, 0.1) is 0 Å². The molecule has 0 unspecified atom stereocenters. The molecule has 7 heteroatoms. The van der Waals surface area contributed by atoms with Crippen LogP contribution < -0.4 is 4.57 Å². The zero-order valence-corrected chi connectivity index (χ0v) is 12.4. The number of benzene rings is 1. The van der Waals surface area contributed by atoms with Crippen molar-refractivity contribution in [3.8, 4) is 0 Å². The average molecular weight is 308 g/mol. The first-order chi connectivity index (χ1) is 9.88. The van der Waals surface area contributed by atoms with Crippen LogP contribution in [0.15, 0.2) is 60.5 Å². The quantitative estimate of drug-likeness (QED) is 0.364. The van der Waals surface area contributed by atoms with E-state index in [0.29, 0.717) is 6.29 Å². The summed E-state index contributed by atoms with van der Waals surface area (Å²) < 4.78 is 35.6. The molecule has 1 heterocycles. The Morgan fingerprint density at radius 1 is 1.38 bits per heavy atom. The largest absolute Gasteiger partial charge is 0.744 e. The Bertz CT molecular complexity index is 720. The van der Waals surface area contributed by atoms with Gasteiger partial charge >= 0.3 is 0 Å². The molecule has 0 fully saturated rings. The van der Waals surface area contributed by atoms with Crippen molar-refractivity contribution in [3.63, 3.8) is 0 Å². The molecule has 6 nitrogen and oxygen atoms in total. The zero-order chi connectivity index (χ0) is 15.9. The van der Waals surface area contributed by atoms with Crippen molar-refractivity contribution in [1.82, 2.24) is 4.57 Å². The molecule has 1 aromatic heterocycles. The molecule has 1 aromatic carbocycles. The molecule has 0 saturated carbocycles. The number of aldehydes is 1. The van der Waals surface area contributed by atoms with Gasteiger partial charge in [0.1, 0.15) is 29.1 Å². The van der Waals surface area contributed by atoms with E-state index in [1.807, 2.05) is 36.4 Å². The maximum Gasteiger partial charge on any atom is 0.243 e. The number of imidazole rings is 1. The summed E-state index contributed by atoms with van der Waals surface area (Å²) in [7, 11) is -2.53. The number of allylic oxidation sites excluding steroid dienone is 1. The monoisotopic (exact) mass is 308 g/mol. The number of aromatic nitrogens is 2. The smallest absolute Gasteiger partial charge is 0.243 e. The maximum absolute atomic E-state index is 10.5. The molecule has 0 aliphatic heterocycles. The van der Waals surface area contributed by atoms with Gasteiger partial charge in [-0.2, -0.15) is 0 Å². The third-order valence-electron chi connectivity index (χ3n) is 2.48. The third-order valence-corrected chi connectivity index (χ3v) is 3.39. The lowest BCUT2D eigenvalue weighted by atomic mass is 10.2. The van der Waals surface area contributed by atoms with E-state index >= 15 is 0 Å². The Kier molecular flexibility index (Phi) is 6.01. The van der Waals surface area contributed by atoms with E-state index in [1.165, 1.54) is 18.2 Å². The van der Waals surface area contributed by atoms with Crippen molar-refractivity contribution < 1.29 is 22.3 Å². The highest BCUT2D eigenvalue weighted by Crippen LogP contribution is 2.11. The minimum atomic E-state index is -4.53. The topological polar surface area (TPSA) is 83.1 Å². The van der Waals surface area contributed by atoms with Crippen LogP contribution in [0.4, 0.5) is 0 Å². The van der Waals surface area contributed by atoms with Crippen LogP contribution in [-0.4, -0.2) is 23.8 Å². The summed E-state index contributed by atoms with van der Waals surface area (Å²) in [4.78, 5) is 9.80. The van der Waals surface area contributed by atoms with Gasteiger partial charge in [-0.05, 0) is 6.07 Å². The van der Waals surface area contributed by atoms with Crippen LogP contribution in [0.25, 0.3) is 0 Å². The first-order valence-electron chi connectivity index (χ1n) is 6.00. The van der Waals surface area contributed by atoms with Crippen LogP contribution in [0.2, 0.25) is 0 Å². The highest BCUT2D eigenvalue weighted by molar-refractivity contribution is 7.85. The first-order valence-corrected chi connectivity index (χ1v) is 7.41. The van der Waals surface area contributed by atoms with Crippen LogP contribution in [-0.2, 0) is 23.7 Å². The lowest BCUT2D eigenvalue weighted by Gasteiger charge is -2.07. The van der Waals surface area contributed by atoms with Crippen LogP contribution >= 0.6 is 0 Å². The summed E-state index contributed by atoms with van der Waals surface area (Å²) in [6.07, 6.45) is 8.25. The van der Waals surface area contributed by atoms with E-state index in [-0.39, 0.29) is 5.56 Å². The van der Waals surface area contributed by atoms with E-state index < -0.39 is 15.0 Å². The second kappa shape index (κ2) is 7.51. The predicted molar refractivity (Wildman–Crippen MR) is 75.6 cm³/mol. The molecule has 0 spiro atoms. The summed E-state index contributed by atoms with van der Waals surface area (Å²) >= 11 is 0. The second-order valence-corrected chi connectivity index (χ2v) is 5.52. The molecular weight excluding hydrogens is 292 g/mol. The SMILES string of the molecule is C=CC[n+]1ccn(C)c1.O=Cc1ccccc1S(=O)(=O)[O-]. The maximum atomic E-state index is 10.5. The van der Waals surface area contributed by atoms with E-state index in [4.69, 9.17) is 0 Å². The number of hydrogen-bond donors (Lipinski definition) is 0. The summed E-state index contributed by atoms with van der Waals surface area (Å²) in [6.45, 7) is 4.52. The number of nitrogens with zero attached hydrogens (tertiary/aromatic N) is 2. The fourth-order valence-corrected chi connectivity index (χ4v) is 2.21. The van der Waals surface area contributed by atoms with E-state index in [9.17, 15) is 17.8 Å². The predicted octanol–water partition coefficient (Wildman–Crippen LogP) is 0.902. The van der Waals surface area contributed by atoms with E-state index in [2.05, 4.69) is 11.1 Å². The minimum Gasteiger partial charge on any atom is -0.744 e. The molecule has 0 bridgehead atoms. The van der Waals surface area contributed by atoms with Crippen molar-refractivity contribution in [2.45, 2.75) is 11.4 Å². The number of aryl methyl sites for hydroxylation is 1. The van der Waals surface area contributed by atoms with Gasteiger partial charge in [0.05, 0.1) is 11.9 Å². The number of hydrogen-bond acceptors (Lipinski definition) is 4. The Balaban J connectivity index is 0.000000219. The molecular formula is C14H16N2O4S. The van der Waals surface area contributed by atoms with Gasteiger partial charge < -0.3 is 4.55 Å². The standard InChI is InChI=1S/C7H11N2.C7H6O4S/c1-3-4-9-6-5-8(2)7-9;8-5-6-3-1-2-4-7(6)12(9,10)11/h3,5-7H,1,4H2,2H3;1-5H,(H,9,10,11)/q+1;/p-1. The van der Waals surface area contributed by atoms with Gasteiger partial charge in [0.2, 0.25) is 6.33 Å². The lowest BCUT2D eigenvalue weighted by Crippen LogP contribution is -2.29. The molecule has 0 aliphatic carbocycles. The molecule has 2 aromatic rings. The van der Waals surface area contributed by atoms with Gasteiger partial charge in [-0.25, -0.2) is 17.6 Å². The van der Waals surface area contributed by atoms with Gasteiger partial charge in [0.25, 0.3) is 0 Å².